The lowest BCUT2D eigenvalue weighted by molar-refractivity contribution is 0.542. The number of nitrogens with zero attached hydrogens (tertiary/aromatic N) is 6. The molecule has 0 spiro atoms. The summed E-state index contributed by atoms with van der Waals surface area (Å²) in [5, 5.41) is 4.74. The highest BCUT2D eigenvalue weighted by Crippen LogP contribution is 2.29. The highest BCUT2D eigenvalue weighted by atomic mass is 16.3. The molecule has 0 radical (unpaired) electrons. The molecule has 4 aromatic rings. The van der Waals surface area contributed by atoms with Crippen LogP contribution in [0.25, 0.3) is 17.4 Å². The molecule has 1 aliphatic rings. The summed E-state index contributed by atoms with van der Waals surface area (Å²) in [6.07, 6.45) is 1.64. The Labute approximate surface area is 176 Å². The molecular weight excluding hydrogens is 376 g/mol. The van der Waals surface area contributed by atoms with Crippen LogP contribution in [0.1, 0.15) is 23.7 Å². The van der Waals surface area contributed by atoms with Crippen molar-refractivity contribution in [1.82, 2.24) is 19.6 Å². The first-order valence-corrected chi connectivity index (χ1v) is 10.4. The van der Waals surface area contributed by atoms with Gasteiger partial charge in [0.05, 0.1) is 6.26 Å². The molecule has 154 valence electrons. The Kier molecular flexibility index (Phi) is 4.46. The number of hydrogen-bond acceptors (Lipinski definition) is 6. The maximum atomic E-state index is 5.50. The molecule has 0 saturated carbocycles. The van der Waals surface area contributed by atoms with Crippen molar-refractivity contribution in [3.05, 3.63) is 59.5 Å². The van der Waals surface area contributed by atoms with Gasteiger partial charge in [-0.05, 0) is 57.5 Å². The van der Waals surface area contributed by atoms with Crippen molar-refractivity contribution in [1.29, 1.82) is 0 Å². The first-order chi connectivity index (χ1) is 14.5. The molecule has 1 fully saturated rings. The van der Waals surface area contributed by atoms with Crippen LogP contribution in [0.3, 0.4) is 0 Å². The summed E-state index contributed by atoms with van der Waals surface area (Å²) in [6.45, 7) is 11.3. The van der Waals surface area contributed by atoms with E-state index in [1.807, 2.05) is 23.6 Å². The van der Waals surface area contributed by atoms with E-state index in [-0.39, 0.29) is 0 Å². The maximum Gasteiger partial charge on any atom is 0.255 e. The predicted octanol–water partition coefficient (Wildman–Crippen LogP) is 4.02. The maximum absolute atomic E-state index is 5.50. The zero-order valence-corrected chi connectivity index (χ0v) is 17.8. The Bertz CT molecular complexity index is 1200. The first kappa shape index (κ1) is 18.7. The van der Waals surface area contributed by atoms with Gasteiger partial charge in [0.2, 0.25) is 5.82 Å². The fourth-order valence-corrected chi connectivity index (χ4v) is 4.29. The molecule has 5 rings (SSSR count). The lowest BCUT2D eigenvalue weighted by atomic mass is 10.1. The van der Waals surface area contributed by atoms with Crippen molar-refractivity contribution >= 4 is 17.3 Å². The van der Waals surface area contributed by atoms with E-state index in [2.05, 4.69) is 64.8 Å². The summed E-state index contributed by atoms with van der Waals surface area (Å²) in [7, 11) is 0. The molecule has 1 aliphatic heterocycles. The largest absolute Gasteiger partial charge is 0.461 e. The van der Waals surface area contributed by atoms with Gasteiger partial charge in [0.1, 0.15) is 5.82 Å². The summed E-state index contributed by atoms with van der Waals surface area (Å²) in [4.78, 5) is 14.2. The molecule has 0 aliphatic carbocycles. The number of rotatable bonds is 3. The van der Waals surface area contributed by atoms with Gasteiger partial charge in [-0.15, -0.1) is 5.10 Å². The second kappa shape index (κ2) is 7.16. The molecule has 1 atom stereocenters. The summed E-state index contributed by atoms with van der Waals surface area (Å²) in [6, 6.07) is 12.8. The number of aryl methyl sites for hydroxylation is 2. The van der Waals surface area contributed by atoms with Gasteiger partial charge < -0.3 is 14.2 Å². The summed E-state index contributed by atoms with van der Waals surface area (Å²) in [5.41, 5.74) is 4.69. The van der Waals surface area contributed by atoms with E-state index in [4.69, 9.17) is 9.52 Å². The van der Waals surface area contributed by atoms with Crippen LogP contribution in [0.2, 0.25) is 0 Å². The highest BCUT2D eigenvalue weighted by Gasteiger charge is 2.28. The Hall–Kier alpha value is -3.35. The molecule has 0 amide bonds. The van der Waals surface area contributed by atoms with Crippen molar-refractivity contribution in [2.24, 2.45) is 0 Å². The van der Waals surface area contributed by atoms with E-state index < -0.39 is 0 Å². The molecule has 7 heteroatoms. The molecule has 1 unspecified atom stereocenters. The predicted molar refractivity (Wildman–Crippen MR) is 118 cm³/mol. The molecule has 1 aromatic carbocycles. The first-order valence-electron chi connectivity index (χ1n) is 10.4. The lowest BCUT2D eigenvalue weighted by Gasteiger charge is -2.42. The molecule has 7 nitrogen and oxygen atoms in total. The monoisotopic (exact) mass is 402 g/mol. The topological polar surface area (TPSA) is 62.7 Å². The van der Waals surface area contributed by atoms with Crippen LogP contribution >= 0.6 is 0 Å². The second-order valence-electron chi connectivity index (χ2n) is 8.10. The van der Waals surface area contributed by atoms with Gasteiger partial charge >= 0.3 is 0 Å². The number of fused-ring (bicyclic) bond motifs is 1. The Balaban J connectivity index is 1.51. The van der Waals surface area contributed by atoms with Crippen LogP contribution < -0.4 is 9.80 Å². The van der Waals surface area contributed by atoms with E-state index in [1.54, 1.807) is 6.26 Å². The van der Waals surface area contributed by atoms with Gasteiger partial charge in [0.15, 0.2) is 5.76 Å². The molecular formula is C23H26N6O. The van der Waals surface area contributed by atoms with Gasteiger partial charge in [0, 0.05) is 42.6 Å². The minimum Gasteiger partial charge on any atom is -0.461 e. The average Bonchev–Trinajstić information content (AvgIpc) is 3.38. The fraction of sp³-hybridized carbons (Fsp3) is 0.348. The molecule has 30 heavy (non-hydrogen) atoms. The van der Waals surface area contributed by atoms with Gasteiger partial charge in [-0.3, -0.25) is 0 Å². The summed E-state index contributed by atoms with van der Waals surface area (Å²) >= 11 is 0. The van der Waals surface area contributed by atoms with E-state index >= 15 is 0 Å². The minimum absolute atomic E-state index is 0.372. The molecule has 0 N–H and O–H groups in total. The van der Waals surface area contributed by atoms with Crippen LogP contribution in [0.15, 0.2) is 47.1 Å². The Morgan fingerprint density at radius 3 is 2.63 bits per heavy atom. The lowest BCUT2D eigenvalue weighted by Crippen LogP contribution is -2.53. The Morgan fingerprint density at radius 1 is 1.03 bits per heavy atom. The van der Waals surface area contributed by atoms with Crippen LogP contribution in [-0.2, 0) is 0 Å². The normalized spacial score (nSPS) is 17.1. The smallest absolute Gasteiger partial charge is 0.255 e. The van der Waals surface area contributed by atoms with Crippen molar-refractivity contribution in [3.8, 4) is 11.6 Å². The van der Waals surface area contributed by atoms with E-state index in [0.717, 1.165) is 36.7 Å². The van der Waals surface area contributed by atoms with Crippen LogP contribution in [0.5, 0.6) is 0 Å². The van der Waals surface area contributed by atoms with Gasteiger partial charge in [-0.25, -0.2) is 4.98 Å². The third-order valence-electron chi connectivity index (χ3n) is 5.94. The Morgan fingerprint density at radius 2 is 1.90 bits per heavy atom. The van der Waals surface area contributed by atoms with Crippen LogP contribution in [0.4, 0.5) is 11.5 Å². The van der Waals surface area contributed by atoms with E-state index in [1.165, 1.54) is 11.3 Å². The van der Waals surface area contributed by atoms with Crippen LogP contribution in [-0.4, -0.2) is 45.3 Å². The number of hydrogen-bond donors (Lipinski definition) is 0. The number of piperazine rings is 1. The quantitative estimate of drug-likeness (QED) is 0.516. The number of furan rings is 1. The zero-order chi connectivity index (χ0) is 20.8. The number of benzene rings is 1. The van der Waals surface area contributed by atoms with Gasteiger partial charge in [0.25, 0.3) is 5.78 Å². The average molecular weight is 403 g/mol. The van der Waals surface area contributed by atoms with Crippen molar-refractivity contribution in [3.63, 3.8) is 0 Å². The SMILES string of the molecule is Cc1cccc(N2CCN(c3c(C)c(C)nc4nc(-c5ccco5)nn34)CC2C)c1. The third kappa shape index (κ3) is 3.10. The highest BCUT2D eigenvalue weighted by molar-refractivity contribution is 5.59. The standard InChI is InChI=1S/C23H26N6O/c1-15-7-5-8-19(13-15)28-11-10-27(14-16(28)2)22-17(3)18(4)24-23-25-21(26-29(22)23)20-9-6-12-30-20/h5-9,12-13,16H,10-11,14H2,1-4H3. The van der Waals surface area contributed by atoms with E-state index in [0.29, 0.717) is 23.4 Å². The van der Waals surface area contributed by atoms with Crippen molar-refractivity contribution in [2.45, 2.75) is 33.7 Å². The summed E-state index contributed by atoms with van der Waals surface area (Å²) in [5.74, 6) is 2.89. The zero-order valence-electron chi connectivity index (χ0n) is 17.8. The van der Waals surface area contributed by atoms with Crippen molar-refractivity contribution < 1.29 is 4.42 Å². The second-order valence-corrected chi connectivity index (χ2v) is 8.10. The molecule has 0 bridgehead atoms. The van der Waals surface area contributed by atoms with Gasteiger partial charge in [-0.1, -0.05) is 12.1 Å². The molecule has 4 heterocycles. The van der Waals surface area contributed by atoms with Crippen molar-refractivity contribution in [2.75, 3.05) is 29.4 Å². The van der Waals surface area contributed by atoms with E-state index in [9.17, 15) is 0 Å². The fourth-order valence-electron chi connectivity index (χ4n) is 4.29. The summed E-state index contributed by atoms with van der Waals surface area (Å²) < 4.78 is 7.37. The number of anilines is 2. The minimum atomic E-state index is 0.372. The molecule has 1 saturated heterocycles. The number of aromatic nitrogens is 4. The van der Waals surface area contributed by atoms with Crippen LogP contribution in [0, 0.1) is 20.8 Å². The molecule has 3 aromatic heterocycles. The van der Waals surface area contributed by atoms with Gasteiger partial charge in [-0.2, -0.15) is 9.50 Å². The third-order valence-corrected chi connectivity index (χ3v) is 5.94.